The van der Waals surface area contributed by atoms with Gasteiger partial charge in [0.25, 0.3) is 5.91 Å². The molecule has 2 aromatic rings. The standard InChI is InChI=1S/C16H11ClF3N3O2/c17-12-3-1-10(2-4-12)14(24)23-15(25,11-5-7-21-8-6-11)9-13(22-23)16(18,19)20/h1-8,25H,9H2/t15-/m0/s1. The third-order valence-corrected chi connectivity index (χ3v) is 3.99. The second-order valence-electron chi connectivity index (χ2n) is 5.40. The normalized spacial score (nSPS) is 20.5. The molecule has 0 aliphatic carbocycles. The number of aliphatic hydroxyl groups is 1. The van der Waals surface area contributed by atoms with Crippen LogP contribution < -0.4 is 0 Å². The smallest absolute Gasteiger partial charge is 0.365 e. The number of carbonyl (C=O) groups excluding carboxylic acids is 1. The van der Waals surface area contributed by atoms with Crippen LogP contribution in [-0.4, -0.2) is 32.9 Å². The number of hydrazone groups is 1. The molecule has 0 fully saturated rings. The van der Waals surface area contributed by atoms with Gasteiger partial charge in [-0.1, -0.05) is 11.6 Å². The summed E-state index contributed by atoms with van der Waals surface area (Å²) in [5, 5.41) is 15.1. The molecule has 0 saturated carbocycles. The molecular weight excluding hydrogens is 359 g/mol. The SMILES string of the molecule is O=C(c1ccc(Cl)cc1)N1N=C(C(F)(F)F)C[C@]1(O)c1ccncc1. The summed E-state index contributed by atoms with van der Waals surface area (Å²) in [7, 11) is 0. The first-order valence-corrected chi connectivity index (χ1v) is 7.47. The zero-order valence-electron chi connectivity index (χ0n) is 12.5. The molecule has 3 rings (SSSR count). The Morgan fingerprint density at radius 3 is 2.32 bits per heavy atom. The highest BCUT2D eigenvalue weighted by atomic mass is 35.5. The lowest BCUT2D eigenvalue weighted by Crippen LogP contribution is -2.43. The van der Waals surface area contributed by atoms with E-state index >= 15 is 0 Å². The summed E-state index contributed by atoms with van der Waals surface area (Å²) < 4.78 is 39.3. The number of amides is 1. The molecule has 1 atom stereocenters. The first-order chi connectivity index (χ1) is 11.7. The van der Waals surface area contributed by atoms with Crippen molar-refractivity contribution < 1.29 is 23.1 Å². The van der Waals surface area contributed by atoms with E-state index in [1.807, 2.05) is 0 Å². The van der Waals surface area contributed by atoms with Crippen LogP contribution in [0.5, 0.6) is 0 Å². The van der Waals surface area contributed by atoms with Gasteiger partial charge in [0.15, 0.2) is 5.72 Å². The maximum Gasteiger partial charge on any atom is 0.431 e. The fourth-order valence-corrected chi connectivity index (χ4v) is 2.60. The minimum atomic E-state index is -4.77. The van der Waals surface area contributed by atoms with Gasteiger partial charge < -0.3 is 5.11 Å². The zero-order valence-corrected chi connectivity index (χ0v) is 13.3. The lowest BCUT2D eigenvalue weighted by molar-refractivity contribution is -0.0816. The number of hydrogen-bond acceptors (Lipinski definition) is 4. The predicted molar refractivity (Wildman–Crippen MR) is 83.9 cm³/mol. The monoisotopic (exact) mass is 369 g/mol. The molecule has 1 aromatic heterocycles. The van der Waals surface area contributed by atoms with Crippen molar-refractivity contribution in [3.63, 3.8) is 0 Å². The summed E-state index contributed by atoms with van der Waals surface area (Å²) in [5.74, 6) is -0.879. The molecule has 0 saturated heterocycles. The van der Waals surface area contributed by atoms with Crippen molar-refractivity contribution in [2.24, 2.45) is 5.10 Å². The molecule has 25 heavy (non-hydrogen) atoms. The maximum absolute atomic E-state index is 13.1. The van der Waals surface area contributed by atoms with E-state index in [0.29, 0.717) is 10.0 Å². The molecule has 0 radical (unpaired) electrons. The molecule has 130 valence electrons. The van der Waals surface area contributed by atoms with Crippen LogP contribution in [0.2, 0.25) is 5.02 Å². The Morgan fingerprint density at radius 2 is 1.76 bits per heavy atom. The average molecular weight is 370 g/mol. The molecule has 1 aliphatic rings. The van der Waals surface area contributed by atoms with E-state index in [4.69, 9.17) is 11.6 Å². The van der Waals surface area contributed by atoms with Gasteiger partial charge in [-0.3, -0.25) is 9.78 Å². The minimum Gasteiger partial charge on any atom is -0.365 e. The first-order valence-electron chi connectivity index (χ1n) is 7.09. The van der Waals surface area contributed by atoms with Gasteiger partial charge in [-0.25, -0.2) is 0 Å². The largest absolute Gasteiger partial charge is 0.431 e. The van der Waals surface area contributed by atoms with Crippen LogP contribution in [0.25, 0.3) is 0 Å². The van der Waals surface area contributed by atoms with Crippen LogP contribution >= 0.6 is 11.6 Å². The van der Waals surface area contributed by atoms with Gasteiger partial charge in [0, 0.05) is 28.5 Å². The molecule has 9 heteroatoms. The molecule has 0 bridgehead atoms. The quantitative estimate of drug-likeness (QED) is 0.883. The Bertz CT molecular complexity index is 825. The third-order valence-electron chi connectivity index (χ3n) is 3.74. The van der Waals surface area contributed by atoms with Crippen LogP contribution in [0.1, 0.15) is 22.3 Å². The minimum absolute atomic E-state index is 0.0454. The Labute approximate surface area is 145 Å². The molecule has 1 amide bonds. The van der Waals surface area contributed by atoms with Crippen molar-refractivity contribution in [3.05, 3.63) is 64.9 Å². The number of pyridine rings is 1. The van der Waals surface area contributed by atoms with E-state index in [-0.39, 0.29) is 11.1 Å². The van der Waals surface area contributed by atoms with Gasteiger partial charge in [0.05, 0.1) is 6.42 Å². The summed E-state index contributed by atoms with van der Waals surface area (Å²) in [5.41, 5.74) is -3.38. The van der Waals surface area contributed by atoms with Crippen molar-refractivity contribution >= 4 is 23.2 Å². The van der Waals surface area contributed by atoms with Crippen LogP contribution in [-0.2, 0) is 5.72 Å². The van der Waals surface area contributed by atoms with Gasteiger partial charge in [0.1, 0.15) is 5.71 Å². The molecule has 1 aromatic carbocycles. The number of rotatable bonds is 2. The highest BCUT2D eigenvalue weighted by Gasteiger charge is 2.53. The molecule has 1 N–H and O–H groups in total. The van der Waals surface area contributed by atoms with Gasteiger partial charge >= 0.3 is 6.18 Å². The van der Waals surface area contributed by atoms with Crippen molar-refractivity contribution in [2.45, 2.75) is 18.3 Å². The number of halogens is 4. The summed E-state index contributed by atoms with van der Waals surface area (Å²) in [6, 6.07) is 8.20. The van der Waals surface area contributed by atoms with Crippen molar-refractivity contribution in [3.8, 4) is 0 Å². The highest BCUT2D eigenvalue weighted by molar-refractivity contribution is 6.30. The maximum atomic E-state index is 13.1. The Hall–Kier alpha value is -2.45. The summed E-state index contributed by atoms with van der Waals surface area (Å²) >= 11 is 5.75. The van der Waals surface area contributed by atoms with Crippen molar-refractivity contribution in [2.75, 3.05) is 0 Å². The van der Waals surface area contributed by atoms with Gasteiger partial charge in [0.2, 0.25) is 0 Å². The van der Waals surface area contributed by atoms with Crippen LogP contribution in [0.4, 0.5) is 13.2 Å². The first kappa shape index (κ1) is 17.4. The predicted octanol–water partition coefficient (Wildman–Crippen LogP) is 3.34. The van der Waals surface area contributed by atoms with E-state index in [2.05, 4.69) is 10.1 Å². The Kier molecular flexibility index (Phi) is 4.26. The summed E-state index contributed by atoms with van der Waals surface area (Å²) in [4.78, 5) is 16.4. The fourth-order valence-electron chi connectivity index (χ4n) is 2.48. The second kappa shape index (κ2) is 6.12. The number of nitrogens with zero attached hydrogens (tertiary/aromatic N) is 3. The number of carbonyl (C=O) groups is 1. The van der Waals surface area contributed by atoms with Gasteiger partial charge in [-0.2, -0.15) is 23.3 Å². The number of hydrogen-bond donors (Lipinski definition) is 1. The molecule has 2 heterocycles. The van der Waals surface area contributed by atoms with E-state index in [0.717, 1.165) is 0 Å². The van der Waals surface area contributed by atoms with Gasteiger partial charge in [-0.05, 0) is 36.4 Å². The molecule has 1 aliphatic heterocycles. The number of aromatic nitrogens is 1. The molecule has 0 spiro atoms. The highest BCUT2D eigenvalue weighted by Crippen LogP contribution is 2.40. The van der Waals surface area contributed by atoms with E-state index in [9.17, 15) is 23.1 Å². The lowest BCUT2D eigenvalue weighted by Gasteiger charge is -2.31. The van der Waals surface area contributed by atoms with E-state index in [1.54, 1.807) is 0 Å². The topological polar surface area (TPSA) is 65.8 Å². The summed E-state index contributed by atoms with van der Waals surface area (Å²) in [6.07, 6.45) is -3.02. The van der Waals surface area contributed by atoms with Crippen LogP contribution in [0.15, 0.2) is 53.9 Å². The zero-order chi connectivity index (χ0) is 18.2. The third kappa shape index (κ3) is 3.22. The second-order valence-corrected chi connectivity index (χ2v) is 5.83. The fraction of sp³-hybridized carbons (Fsp3) is 0.188. The lowest BCUT2D eigenvalue weighted by atomic mass is 9.97. The average Bonchev–Trinajstić information content (AvgIpc) is 2.95. The Morgan fingerprint density at radius 1 is 1.16 bits per heavy atom. The van der Waals surface area contributed by atoms with Crippen molar-refractivity contribution in [1.82, 2.24) is 9.99 Å². The number of alkyl halides is 3. The molecular formula is C16H11ClF3N3O2. The van der Waals surface area contributed by atoms with Crippen molar-refractivity contribution in [1.29, 1.82) is 0 Å². The van der Waals surface area contributed by atoms with E-state index in [1.165, 1.54) is 48.8 Å². The van der Waals surface area contributed by atoms with Crippen LogP contribution in [0, 0.1) is 0 Å². The summed E-state index contributed by atoms with van der Waals surface area (Å²) in [6.45, 7) is 0. The van der Waals surface area contributed by atoms with E-state index < -0.39 is 29.9 Å². The van der Waals surface area contributed by atoms with Gasteiger partial charge in [-0.15, -0.1) is 0 Å². The van der Waals surface area contributed by atoms with Crippen LogP contribution in [0.3, 0.4) is 0 Å². The molecule has 0 unspecified atom stereocenters. The molecule has 5 nitrogen and oxygen atoms in total. The Balaban J connectivity index is 2.06. The number of benzene rings is 1.